The van der Waals surface area contributed by atoms with Crippen LogP contribution < -0.4 is 4.72 Å². The summed E-state index contributed by atoms with van der Waals surface area (Å²) in [5.74, 6) is 1.26. The molecule has 0 aliphatic heterocycles. The van der Waals surface area contributed by atoms with Crippen LogP contribution in [-0.2, 0) is 10.0 Å². The fourth-order valence-corrected chi connectivity index (χ4v) is 3.04. The molecule has 1 N–H and O–H groups in total. The monoisotopic (exact) mass is 290 g/mol. The van der Waals surface area contributed by atoms with Gasteiger partial charge in [-0.25, -0.2) is 13.1 Å². The van der Waals surface area contributed by atoms with Gasteiger partial charge in [-0.1, -0.05) is 6.07 Å². The van der Waals surface area contributed by atoms with Crippen LogP contribution in [0, 0.1) is 18.3 Å². The normalized spacial score (nSPS) is 12.8. The van der Waals surface area contributed by atoms with Gasteiger partial charge >= 0.3 is 0 Å². The number of nitriles is 1. The van der Waals surface area contributed by atoms with Crippen LogP contribution in [0.2, 0.25) is 0 Å². The number of hydrogen-bond donors (Lipinski definition) is 1. The van der Waals surface area contributed by atoms with Crippen LogP contribution in [-0.4, -0.2) is 8.42 Å². The van der Waals surface area contributed by atoms with Crippen molar-refractivity contribution in [3.63, 3.8) is 0 Å². The number of rotatable bonds is 4. The lowest BCUT2D eigenvalue weighted by Crippen LogP contribution is -2.26. The van der Waals surface area contributed by atoms with Crippen molar-refractivity contribution in [1.29, 1.82) is 5.26 Å². The highest BCUT2D eigenvalue weighted by Crippen LogP contribution is 2.19. The summed E-state index contributed by atoms with van der Waals surface area (Å²) in [5.41, 5.74) is 0.300. The van der Waals surface area contributed by atoms with Gasteiger partial charge < -0.3 is 4.42 Å². The largest absolute Gasteiger partial charge is 0.465 e. The molecule has 0 fully saturated rings. The van der Waals surface area contributed by atoms with Crippen molar-refractivity contribution in [3.8, 4) is 6.07 Å². The standard InChI is InChI=1S/C14H14N2O3S/c1-10-6-7-14(19-10)11(2)16-20(17,18)13-5-3-4-12(8-13)9-15/h3-8,11,16H,1-2H3. The molecule has 0 saturated heterocycles. The van der Waals surface area contributed by atoms with E-state index in [2.05, 4.69) is 4.72 Å². The van der Waals surface area contributed by atoms with Gasteiger partial charge in [-0.3, -0.25) is 0 Å². The molecule has 20 heavy (non-hydrogen) atoms. The van der Waals surface area contributed by atoms with Gasteiger partial charge in [0.15, 0.2) is 0 Å². The van der Waals surface area contributed by atoms with Crippen LogP contribution in [0.15, 0.2) is 45.7 Å². The van der Waals surface area contributed by atoms with E-state index in [0.29, 0.717) is 11.3 Å². The first kappa shape index (κ1) is 14.3. The molecule has 0 bridgehead atoms. The van der Waals surface area contributed by atoms with Gasteiger partial charge in [0, 0.05) is 0 Å². The highest BCUT2D eigenvalue weighted by molar-refractivity contribution is 7.89. The Morgan fingerprint density at radius 2 is 2.05 bits per heavy atom. The fraction of sp³-hybridized carbons (Fsp3) is 0.214. The summed E-state index contributed by atoms with van der Waals surface area (Å²) in [6, 6.07) is 10.8. The predicted octanol–water partition coefficient (Wildman–Crippen LogP) is 2.50. The van der Waals surface area contributed by atoms with Gasteiger partial charge in [0.05, 0.1) is 22.6 Å². The molecule has 5 nitrogen and oxygen atoms in total. The molecule has 0 aliphatic carbocycles. The van der Waals surface area contributed by atoms with Gasteiger partial charge in [-0.05, 0) is 44.2 Å². The van der Waals surface area contributed by atoms with Crippen molar-refractivity contribution in [2.45, 2.75) is 24.8 Å². The van der Waals surface area contributed by atoms with E-state index >= 15 is 0 Å². The summed E-state index contributed by atoms with van der Waals surface area (Å²) in [7, 11) is -3.69. The molecule has 6 heteroatoms. The molecule has 0 saturated carbocycles. The lowest BCUT2D eigenvalue weighted by Gasteiger charge is -2.12. The van der Waals surface area contributed by atoms with Gasteiger partial charge in [-0.15, -0.1) is 0 Å². The minimum atomic E-state index is -3.69. The molecule has 0 spiro atoms. The number of nitrogens with one attached hydrogen (secondary N) is 1. The topological polar surface area (TPSA) is 83.1 Å². The minimum Gasteiger partial charge on any atom is -0.465 e. The first-order chi connectivity index (χ1) is 9.42. The molecule has 2 aromatic rings. The van der Waals surface area contributed by atoms with Gasteiger partial charge in [0.2, 0.25) is 10.0 Å². The lowest BCUT2D eigenvalue weighted by molar-refractivity contribution is 0.441. The molecule has 1 aromatic heterocycles. The second-order valence-electron chi connectivity index (χ2n) is 4.43. The molecule has 0 aliphatic rings. The summed E-state index contributed by atoms with van der Waals surface area (Å²) in [6.45, 7) is 3.49. The second kappa shape index (κ2) is 5.49. The minimum absolute atomic E-state index is 0.0617. The van der Waals surface area contributed by atoms with Gasteiger partial charge in [-0.2, -0.15) is 5.26 Å². The third-order valence-electron chi connectivity index (χ3n) is 2.79. The Morgan fingerprint density at radius 1 is 1.30 bits per heavy atom. The Kier molecular flexibility index (Phi) is 3.93. The number of sulfonamides is 1. The Morgan fingerprint density at radius 3 is 2.65 bits per heavy atom. The molecule has 1 heterocycles. The Bertz CT molecular complexity index is 757. The average Bonchev–Trinajstić information content (AvgIpc) is 2.85. The third-order valence-corrected chi connectivity index (χ3v) is 4.33. The maximum Gasteiger partial charge on any atom is 0.241 e. The Hall–Kier alpha value is -2.10. The summed E-state index contributed by atoms with van der Waals surface area (Å²) >= 11 is 0. The molecule has 1 unspecified atom stereocenters. The third kappa shape index (κ3) is 3.07. The van der Waals surface area contributed by atoms with Gasteiger partial charge in [0.25, 0.3) is 0 Å². The highest BCUT2D eigenvalue weighted by Gasteiger charge is 2.20. The van der Waals surface area contributed by atoms with Crippen LogP contribution in [0.3, 0.4) is 0 Å². The van der Waals surface area contributed by atoms with Crippen LogP contribution in [0.5, 0.6) is 0 Å². The van der Waals surface area contributed by atoms with Crippen molar-refractivity contribution < 1.29 is 12.8 Å². The van der Waals surface area contributed by atoms with Gasteiger partial charge in [0.1, 0.15) is 11.5 Å². The number of nitrogens with zero attached hydrogens (tertiary/aromatic N) is 1. The van der Waals surface area contributed by atoms with E-state index in [1.165, 1.54) is 18.2 Å². The van der Waals surface area contributed by atoms with E-state index in [4.69, 9.17) is 9.68 Å². The smallest absolute Gasteiger partial charge is 0.241 e. The van der Waals surface area contributed by atoms with E-state index in [-0.39, 0.29) is 4.90 Å². The van der Waals surface area contributed by atoms with Crippen molar-refractivity contribution in [2.75, 3.05) is 0 Å². The van der Waals surface area contributed by atoms with Crippen LogP contribution in [0.25, 0.3) is 0 Å². The first-order valence-electron chi connectivity index (χ1n) is 6.01. The number of benzene rings is 1. The predicted molar refractivity (Wildman–Crippen MR) is 73.3 cm³/mol. The van der Waals surface area contributed by atoms with Crippen molar-refractivity contribution in [2.24, 2.45) is 0 Å². The lowest BCUT2D eigenvalue weighted by atomic mass is 10.2. The zero-order valence-corrected chi connectivity index (χ0v) is 11.9. The van der Waals surface area contributed by atoms with Crippen molar-refractivity contribution >= 4 is 10.0 Å². The van der Waals surface area contributed by atoms with Crippen LogP contribution >= 0.6 is 0 Å². The average molecular weight is 290 g/mol. The van der Waals surface area contributed by atoms with Crippen LogP contribution in [0.1, 0.15) is 30.0 Å². The molecule has 0 amide bonds. The SMILES string of the molecule is Cc1ccc(C(C)NS(=O)(=O)c2cccc(C#N)c2)o1. The molecule has 1 atom stereocenters. The first-order valence-corrected chi connectivity index (χ1v) is 7.49. The summed E-state index contributed by atoms with van der Waals surface area (Å²) in [6.07, 6.45) is 0. The molecular formula is C14H14N2O3S. The van der Waals surface area contributed by atoms with E-state index in [0.717, 1.165) is 5.76 Å². The molecule has 2 rings (SSSR count). The highest BCUT2D eigenvalue weighted by atomic mass is 32.2. The molecule has 0 radical (unpaired) electrons. The quantitative estimate of drug-likeness (QED) is 0.937. The fourth-order valence-electron chi connectivity index (χ4n) is 1.78. The summed E-state index contributed by atoms with van der Waals surface area (Å²) < 4.78 is 32.4. The Labute approximate surface area is 117 Å². The van der Waals surface area contributed by atoms with Crippen molar-refractivity contribution in [3.05, 3.63) is 53.5 Å². The zero-order valence-electron chi connectivity index (χ0n) is 11.1. The number of aryl methyl sites for hydroxylation is 1. The molecule has 1 aromatic carbocycles. The number of hydrogen-bond acceptors (Lipinski definition) is 4. The summed E-state index contributed by atoms with van der Waals surface area (Å²) in [5, 5.41) is 8.81. The maximum atomic E-state index is 12.2. The van der Waals surface area contributed by atoms with E-state index < -0.39 is 16.1 Å². The zero-order chi connectivity index (χ0) is 14.8. The van der Waals surface area contributed by atoms with Crippen molar-refractivity contribution in [1.82, 2.24) is 4.72 Å². The second-order valence-corrected chi connectivity index (χ2v) is 6.15. The van der Waals surface area contributed by atoms with E-state index in [9.17, 15) is 8.42 Å². The Balaban J connectivity index is 2.25. The van der Waals surface area contributed by atoms with Crippen LogP contribution in [0.4, 0.5) is 0 Å². The van der Waals surface area contributed by atoms with E-state index in [1.807, 2.05) is 6.07 Å². The van der Waals surface area contributed by atoms with E-state index in [1.54, 1.807) is 32.0 Å². The number of furan rings is 1. The summed E-state index contributed by atoms with van der Waals surface area (Å²) in [4.78, 5) is 0.0617. The maximum absolute atomic E-state index is 12.2. The molecule has 104 valence electrons. The molecular weight excluding hydrogens is 276 g/mol.